The molecule has 10 nitrogen and oxygen atoms in total. The number of fused-ring (bicyclic) bond motifs is 2. The Labute approximate surface area is 237 Å². The molecule has 3 N–H and O–H groups in total. The summed E-state index contributed by atoms with van der Waals surface area (Å²) in [6.07, 6.45) is 2.30. The van der Waals surface area contributed by atoms with E-state index < -0.39 is 33.1 Å². The number of rotatable bonds is 6. The van der Waals surface area contributed by atoms with Crippen LogP contribution < -0.4 is 15.9 Å². The van der Waals surface area contributed by atoms with Crippen LogP contribution in [0.15, 0.2) is 82.3 Å². The number of aromatic nitrogens is 4. The zero-order valence-electron chi connectivity index (χ0n) is 22.2. The van der Waals surface area contributed by atoms with Gasteiger partial charge in [-0.25, -0.2) is 31.8 Å². The molecule has 0 fully saturated rings. The van der Waals surface area contributed by atoms with Crippen LogP contribution in [0.3, 0.4) is 0 Å². The van der Waals surface area contributed by atoms with Crippen molar-refractivity contribution in [3.05, 3.63) is 101 Å². The maximum atomic E-state index is 14.8. The molecule has 0 saturated heterocycles. The van der Waals surface area contributed by atoms with Crippen molar-refractivity contribution in [2.75, 3.05) is 16.7 Å². The van der Waals surface area contributed by atoms with Gasteiger partial charge in [0.15, 0.2) is 5.65 Å². The maximum Gasteiger partial charge on any atom is 0.229 e. The minimum absolute atomic E-state index is 0.00683. The summed E-state index contributed by atoms with van der Waals surface area (Å²) in [6.45, 7) is 1.70. The van der Waals surface area contributed by atoms with E-state index in [-0.39, 0.29) is 33.7 Å². The van der Waals surface area contributed by atoms with Crippen LogP contribution in [0.2, 0.25) is 0 Å². The van der Waals surface area contributed by atoms with E-state index in [1.165, 1.54) is 47.4 Å². The first-order valence-corrected chi connectivity index (χ1v) is 14.5. The summed E-state index contributed by atoms with van der Waals surface area (Å²) in [5.74, 6) is -1.16. The van der Waals surface area contributed by atoms with Gasteiger partial charge in [0.2, 0.25) is 15.5 Å². The first-order valence-electron chi connectivity index (χ1n) is 12.6. The topological polar surface area (TPSA) is 146 Å². The summed E-state index contributed by atoms with van der Waals surface area (Å²) in [6, 6.07) is 15.1. The standard InChI is InChI=1S/C29H22F2N6O4S/c1-15(27-22(16-6-3-8-18(30)12-16)26(38)23-20(31)10-5-11-21(23)41-27)37-29-24(28(32)33-14-34-29)25(35-37)17-7-4-9-19(13-17)36-42(2,39)40/h3-15,36H,1-2H3,(H2,32,33,34). The largest absolute Gasteiger partial charge is 0.458 e. The predicted molar refractivity (Wildman–Crippen MR) is 155 cm³/mol. The molecule has 1 unspecified atom stereocenters. The van der Waals surface area contributed by atoms with Crippen LogP contribution in [-0.4, -0.2) is 34.4 Å². The fourth-order valence-corrected chi connectivity index (χ4v) is 5.51. The molecule has 6 aromatic rings. The Bertz CT molecular complexity index is 2200. The molecular formula is C29H22F2N6O4S. The number of hydrogen-bond acceptors (Lipinski definition) is 8. The molecule has 1 atom stereocenters. The third-order valence-electron chi connectivity index (χ3n) is 6.71. The number of anilines is 2. The normalized spacial score (nSPS) is 12.6. The van der Waals surface area contributed by atoms with Gasteiger partial charge in [-0.05, 0) is 48.9 Å². The number of hydrogen-bond donors (Lipinski definition) is 2. The fourth-order valence-electron chi connectivity index (χ4n) is 4.95. The summed E-state index contributed by atoms with van der Waals surface area (Å²) in [7, 11) is -3.55. The molecule has 0 aliphatic rings. The van der Waals surface area contributed by atoms with E-state index in [0.29, 0.717) is 28.0 Å². The Morgan fingerprint density at radius 2 is 1.71 bits per heavy atom. The van der Waals surface area contributed by atoms with Crippen molar-refractivity contribution >= 4 is 43.5 Å². The Kier molecular flexibility index (Phi) is 6.45. The van der Waals surface area contributed by atoms with Gasteiger partial charge in [-0.3, -0.25) is 9.52 Å². The summed E-state index contributed by atoms with van der Waals surface area (Å²) in [5, 5.41) is 4.87. The third-order valence-corrected chi connectivity index (χ3v) is 7.32. The molecule has 0 aliphatic heterocycles. The summed E-state index contributed by atoms with van der Waals surface area (Å²) in [5.41, 5.74) is 7.20. The molecule has 42 heavy (non-hydrogen) atoms. The molecule has 0 spiro atoms. The van der Waals surface area contributed by atoms with E-state index in [0.717, 1.165) is 12.3 Å². The quantitative estimate of drug-likeness (QED) is 0.273. The monoisotopic (exact) mass is 588 g/mol. The number of nitrogens with zero attached hydrogens (tertiary/aromatic N) is 4. The van der Waals surface area contributed by atoms with Gasteiger partial charge in [-0.2, -0.15) is 5.10 Å². The highest BCUT2D eigenvalue weighted by atomic mass is 32.2. The zero-order chi connectivity index (χ0) is 29.8. The molecule has 6 rings (SSSR count). The van der Waals surface area contributed by atoms with Crippen molar-refractivity contribution in [3.63, 3.8) is 0 Å². The van der Waals surface area contributed by atoms with Crippen molar-refractivity contribution in [3.8, 4) is 22.4 Å². The van der Waals surface area contributed by atoms with Gasteiger partial charge >= 0.3 is 0 Å². The number of nitrogens with two attached hydrogens (primary N) is 1. The lowest BCUT2D eigenvalue weighted by atomic mass is 9.99. The second kappa shape index (κ2) is 10.0. The first-order chi connectivity index (χ1) is 20.0. The van der Waals surface area contributed by atoms with E-state index >= 15 is 0 Å². The van der Waals surface area contributed by atoms with Gasteiger partial charge in [0.05, 0.1) is 17.2 Å². The molecule has 0 saturated carbocycles. The van der Waals surface area contributed by atoms with E-state index in [4.69, 9.17) is 15.2 Å². The number of nitrogens with one attached hydrogen (secondary N) is 1. The fraction of sp³-hybridized carbons (Fsp3) is 0.103. The Morgan fingerprint density at radius 3 is 2.48 bits per heavy atom. The van der Waals surface area contributed by atoms with Crippen molar-refractivity contribution in [2.45, 2.75) is 13.0 Å². The molecule has 3 aromatic carbocycles. The average molecular weight is 589 g/mol. The van der Waals surface area contributed by atoms with Gasteiger partial charge in [-0.1, -0.05) is 30.3 Å². The van der Waals surface area contributed by atoms with Crippen LogP contribution >= 0.6 is 0 Å². The number of sulfonamides is 1. The van der Waals surface area contributed by atoms with Crippen molar-refractivity contribution in [1.29, 1.82) is 0 Å². The third kappa shape index (κ3) is 4.73. The SMILES string of the molecule is CC(c1oc2cccc(F)c2c(=O)c1-c1cccc(F)c1)n1nc(-c2cccc(NS(C)(=O)=O)c2)c2c(N)ncnc21. The smallest absolute Gasteiger partial charge is 0.229 e. The Hall–Kier alpha value is -5.17. The van der Waals surface area contributed by atoms with Crippen molar-refractivity contribution in [2.24, 2.45) is 0 Å². The number of nitrogen functional groups attached to an aromatic ring is 1. The van der Waals surface area contributed by atoms with E-state index in [1.54, 1.807) is 31.2 Å². The second-order valence-electron chi connectivity index (χ2n) is 9.68. The molecule has 212 valence electrons. The molecule has 3 aromatic heterocycles. The first kappa shape index (κ1) is 27.0. The summed E-state index contributed by atoms with van der Waals surface area (Å²) in [4.78, 5) is 22.3. The molecule has 13 heteroatoms. The van der Waals surface area contributed by atoms with Crippen LogP contribution in [0.25, 0.3) is 44.4 Å². The van der Waals surface area contributed by atoms with Crippen LogP contribution in [-0.2, 0) is 10.0 Å². The number of halogens is 2. The predicted octanol–water partition coefficient (Wildman–Crippen LogP) is 5.11. The lowest BCUT2D eigenvalue weighted by molar-refractivity contribution is 0.445. The minimum atomic E-state index is -3.55. The lowest BCUT2D eigenvalue weighted by Crippen LogP contribution is -2.17. The summed E-state index contributed by atoms with van der Waals surface area (Å²) < 4.78 is 62.9. The van der Waals surface area contributed by atoms with E-state index in [1.807, 2.05) is 0 Å². The van der Waals surface area contributed by atoms with Gasteiger partial charge in [-0.15, -0.1) is 0 Å². The average Bonchev–Trinajstić information content (AvgIpc) is 3.33. The molecule has 3 heterocycles. The molecule has 0 amide bonds. The van der Waals surface area contributed by atoms with Gasteiger partial charge < -0.3 is 10.2 Å². The van der Waals surface area contributed by atoms with Crippen molar-refractivity contribution < 1.29 is 21.6 Å². The van der Waals surface area contributed by atoms with Crippen LogP contribution in [0.5, 0.6) is 0 Å². The maximum absolute atomic E-state index is 14.8. The number of benzene rings is 3. The van der Waals surface area contributed by atoms with E-state index in [9.17, 15) is 22.0 Å². The highest BCUT2D eigenvalue weighted by molar-refractivity contribution is 7.92. The summed E-state index contributed by atoms with van der Waals surface area (Å²) >= 11 is 0. The molecule has 0 aliphatic carbocycles. The highest BCUT2D eigenvalue weighted by Gasteiger charge is 2.28. The minimum Gasteiger partial charge on any atom is -0.458 e. The van der Waals surface area contributed by atoms with E-state index in [2.05, 4.69) is 14.7 Å². The van der Waals surface area contributed by atoms with Crippen LogP contribution in [0, 0.1) is 11.6 Å². The molecular weight excluding hydrogens is 566 g/mol. The van der Waals surface area contributed by atoms with Gasteiger partial charge in [0.25, 0.3) is 0 Å². The van der Waals surface area contributed by atoms with Crippen LogP contribution in [0.1, 0.15) is 18.7 Å². The zero-order valence-corrected chi connectivity index (χ0v) is 23.0. The van der Waals surface area contributed by atoms with Crippen molar-refractivity contribution in [1.82, 2.24) is 19.7 Å². The Balaban J connectivity index is 1.61. The molecule has 0 radical (unpaired) electrons. The second-order valence-corrected chi connectivity index (χ2v) is 11.4. The lowest BCUT2D eigenvalue weighted by Gasteiger charge is -2.17. The molecule has 0 bridgehead atoms. The van der Waals surface area contributed by atoms with Crippen LogP contribution in [0.4, 0.5) is 20.3 Å². The van der Waals surface area contributed by atoms with Gasteiger partial charge in [0.1, 0.15) is 52.2 Å². The Morgan fingerprint density at radius 1 is 0.976 bits per heavy atom. The highest BCUT2D eigenvalue weighted by Crippen LogP contribution is 2.37. The van der Waals surface area contributed by atoms with Gasteiger partial charge in [0, 0.05) is 11.3 Å².